The van der Waals surface area contributed by atoms with Crippen molar-refractivity contribution in [2.45, 2.75) is 19.1 Å². The number of ether oxygens (including phenoxy) is 1. The summed E-state index contributed by atoms with van der Waals surface area (Å²) in [5, 5.41) is 14.8. The first-order valence-electron chi connectivity index (χ1n) is 6.97. The molecule has 1 aliphatic heterocycles. The maximum absolute atomic E-state index is 11.6. The summed E-state index contributed by atoms with van der Waals surface area (Å²) in [6, 6.07) is 0. The second-order valence-electron chi connectivity index (χ2n) is 5.73. The molecule has 1 N–H and O–H groups in total. The molecule has 2 rings (SSSR count). The first kappa shape index (κ1) is 16.3. The zero-order valence-electron chi connectivity index (χ0n) is 12.7. The Morgan fingerprint density at radius 2 is 2.29 bits per heavy atom. The van der Waals surface area contributed by atoms with E-state index >= 15 is 0 Å². The van der Waals surface area contributed by atoms with E-state index in [0.29, 0.717) is 24.4 Å². The van der Waals surface area contributed by atoms with E-state index in [9.17, 15) is 13.5 Å². The van der Waals surface area contributed by atoms with Gasteiger partial charge in [0, 0.05) is 12.5 Å². The fourth-order valence-corrected chi connectivity index (χ4v) is 4.43. The van der Waals surface area contributed by atoms with Crippen molar-refractivity contribution in [3.63, 3.8) is 0 Å². The number of methoxy groups -OCH3 is 1. The number of likely N-dealkylation sites (N-methyl/N-ethyl adjacent to an activating group) is 1. The van der Waals surface area contributed by atoms with Crippen molar-refractivity contribution in [1.82, 2.24) is 14.7 Å². The largest absolute Gasteiger partial charge is 0.493 e. The van der Waals surface area contributed by atoms with Crippen LogP contribution in [0.15, 0.2) is 6.20 Å². The number of sulfone groups is 1. The van der Waals surface area contributed by atoms with E-state index in [4.69, 9.17) is 4.74 Å². The monoisotopic (exact) mass is 317 g/mol. The molecule has 0 bridgehead atoms. The van der Waals surface area contributed by atoms with Crippen LogP contribution in [0.25, 0.3) is 0 Å². The van der Waals surface area contributed by atoms with Crippen LogP contribution in [0.5, 0.6) is 5.75 Å². The zero-order valence-corrected chi connectivity index (χ0v) is 13.5. The van der Waals surface area contributed by atoms with E-state index in [2.05, 4.69) is 5.10 Å². The maximum Gasteiger partial charge on any atom is 0.162 e. The van der Waals surface area contributed by atoms with Crippen LogP contribution in [0.2, 0.25) is 0 Å². The normalized spacial score (nSPS) is 22.6. The predicted octanol–water partition coefficient (Wildman–Crippen LogP) is -0.0786. The molecule has 21 heavy (non-hydrogen) atoms. The molecule has 120 valence electrons. The highest BCUT2D eigenvalue weighted by Crippen LogP contribution is 2.35. The maximum atomic E-state index is 11.6. The molecule has 1 fully saturated rings. The van der Waals surface area contributed by atoms with Gasteiger partial charge in [-0.1, -0.05) is 0 Å². The van der Waals surface area contributed by atoms with Gasteiger partial charge in [0.2, 0.25) is 0 Å². The van der Waals surface area contributed by atoms with Crippen LogP contribution in [0, 0.1) is 5.92 Å². The number of nitrogens with zero attached hydrogens (tertiary/aromatic N) is 3. The van der Waals surface area contributed by atoms with E-state index < -0.39 is 15.9 Å². The van der Waals surface area contributed by atoms with Crippen molar-refractivity contribution in [1.29, 1.82) is 0 Å². The van der Waals surface area contributed by atoms with Crippen molar-refractivity contribution in [3.05, 3.63) is 11.9 Å². The third kappa shape index (κ3) is 3.75. The van der Waals surface area contributed by atoms with Gasteiger partial charge in [0.25, 0.3) is 0 Å². The molecule has 2 heterocycles. The number of rotatable bonds is 6. The summed E-state index contributed by atoms with van der Waals surface area (Å²) in [6.45, 7) is 1.38. The van der Waals surface area contributed by atoms with Crippen LogP contribution < -0.4 is 4.74 Å². The molecule has 0 amide bonds. The van der Waals surface area contributed by atoms with Gasteiger partial charge in [-0.25, -0.2) is 8.42 Å². The minimum absolute atomic E-state index is 0.0240. The van der Waals surface area contributed by atoms with Gasteiger partial charge in [0.1, 0.15) is 11.8 Å². The molecular weight excluding hydrogens is 294 g/mol. The van der Waals surface area contributed by atoms with Crippen molar-refractivity contribution < 1.29 is 18.3 Å². The van der Waals surface area contributed by atoms with Crippen molar-refractivity contribution in [3.8, 4) is 5.75 Å². The molecule has 1 aromatic rings. The Labute approximate surface area is 125 Å². The van der Waals surface area contributed by atoms with E-state index in [-0.39, 0.29) is 17.4 Å². The molecule has 1 aromatic heterocycles. The first-order chi connectivity index (χ1) is 9.84. The Morgan fingerprint density at radius 1 is 1.57 bits per heavy atom. The third-order valence-electron chi connectivity index (χ3n) is 3.82. The third-order valence-corrected chi connectivity index (χ3v) is 5.61. The quantitative estimate of drug-likeness (QED) is 0.790. The minimum Gasteiger partial charge on any atom is -0.493 e. The summed E-state index contributed by atoms with van der Waals surface area (Å²) in [4.78, 5) is 2.02. The highest BCUT2D eigenvalue weighted by molar-refractivity contribution is 7.91. The Hall–Kier alpha value is -1.12. The summed E-state index contributed by atoms with van der Waals surface area (Å²) >= 11 is 0. The van der Waals surface area contributed by atoms with Gasteiger partial charge in [-0.05, 0) is 20.5 Å². The van der Waals surface area contributed by atoms with Gasteiger partial charge in [-0.3, -0.25) is 4.68 Å². The number of aliphatic hydroxyl groups excluding tert-OH is 1. The molecule has 0 saturated carbocycles. The van der Waals surface area contributed by atoms with Crippen molar-refractivity contribution in [2.75, 3.05) is 39.3 Å². The lowest BCUT2D eigenvalue weighted by Crippen LogP contribution is -2.23. The van der Waals surface area contributed by atoms with Crippen LogP contribution in [-0.4, -0.2) is 67.5 Å². The van der Waals surface area contributed by atoms with Gasteiger partial charge in [0.05, 0.1) is 31.4 Å². The fraction of sp³-hybridized carbons (Fsp3) is 0.769. The first-order valence-corrected chi connectivity index (χ1v) is 8.79. The van der Waals surface area contributed by atoms with E-state index in [1.54, 1.807) is 10.9 Å². The second-order valence-corrected chi connectivity index (χ2v) is 7.96. The second kappa shape index (κ2) is 6.33. The Balaban J connectivity index is 2.22. The fourth-order valence-electron chi connectivity index (χ4n) is 2.60. The van der Waals surface area contributed by atoms with Gasteiger partial charge in [-0.15, -0.1) is 0 Å². The van der Waals surface area contributed by atoms with Gasteiger partial charge in [-0.2, -0.15) is 5.10 Å². The van der Waals surface area contributed by atoms with Crippen LogP contribution in [0.1, 0.15) is 18.2 Å². The molecule has 0 aromatic carbocycles. The molecule has 0 radical (unpaired) electrons. The van der Waals surface area contributed by atoms with Crippen molar-refractivity contribution >= 4 is 9.84 Å². The number of hydrogen-bond acceptors (Lipinski definition) is 6. The van der Waals surface area contributed by atoms with Crippen molar-refractivity contribution in [2.24, 2.45) is 5.92 Å². The van der Waals surface area contributed by atoms with E-state index in [0.717, 1.165) is 6.54 Å². The summed E-state index contributed by atoms with van der Waals surface area (Å²) < 4.78 is 30.2. The molecule has 2 unspecified atom stereocenters. The molecule has 1 saturated heterocycles. The SMILES string of the molecule is COc1cnn(CCN(C)C)c1C(O)C1CCS(=O)(=O)C1. The molecule has 7 nitrogen and oxygen atoms in total. The van der Waals surface area contributed by atoms with E-state index in [1.165, 1.54) is 7.11 Å². The topological polar surface area (TPSA) is 84.7 Å². The average Bonchev–Trinajstić information content (AvgIpc) is 2.98. The molecule has 2 atom stereocenters. The Bertz CT molecular complexity index is 582. The summed E-state index contributed by atoms with van der Waals surface area (Å²) in [5.41, 5.74) is 0.571. The Morgan fingerprint density at radius 3 is 2.81 bits per heavy atom. The summed E-state index contributed by atoms with van der Waals surface area (Å²) in [7, 11) is 2.41. The summed E-state index contributed by atoms with van der Waals surface area (Å²) in [5.74, 6) is 0.378. The molecular formula is C13H23N3O4S. The van der Waals surface area contributed by atoms with Gasteiger partial charge < -0.3 is 14.7 Å². The number of aromatic nitrogens is 2. The zero-order chi connectivity index (χ0) is 15.6. The number of hydrogen-bond donors (Lipinski definition) is 1. The highest BCUT2D eigenvalue weighted by Gasteiger charge is 2.36. The van der Waals surface area contributed by atoms with Crippen LogP contribution in [0.3, 0.4) is 0 Å². The smallest absolute Gasteiger partial charge is 0.162 e. The average molecular weight is 317 g/mol. The van der Waals surface area contributed by atoms with Gasteiger partial charge >= 0.3 is 0 Å². The van der Waals surface area contributed by atoms with Crippen LogP contribution in [-0.2, 0) is 16.4 Å². The Kier molecular flexibility index (Phi) is 4.90. The lowest BCUT2D eigenvalue weighted by molar-refractivity contribution is 0.107. The summed E-state index contributed by atoms with van der Waals surface area (Å²) in [6.07, 6.45) is 1.17. The van der Waals surface area contributed by atoms with Gasteiger partial charge in [0.15, 0.2) is 15.6 Å². The van der Waals surface area contributed by atoms with E-state index in [1.807, 2.05) is 19.0 Å². The predicted molar refractivity (Wildman–Crippen MR) is 79.1 cm³/mol. The number of aliphatic hydroxyl groups is 1. The standard InChI is InChI=1S/C13H23N3O4S/c1-15(2)5-6-16-12(11(20-3)8-14-16)13(17)10-4-7-21(18,19)9-10/h8,10,13,17H,4-7,9H2,1-3H3. The molecule has 0 aliphatic carbocycles. The van der Waals surface area contributed by atoms with Crippen LogP contribution in [0.4, 0.5) is 0 Å². The minimum atomic E-state index is -3.03. The molecule has 1 aliphatic rings. The lowest BCUT2D eigenvalue weighted by atomic mass is 9.99. The molecule has 0 spiro atoms. The highest BCUT2D eigenvalue weighted by atomic mass is 32.2. The molecule has 8 heteroatoms. The van der Waals surface area contributed by atoms with Crippen LogP contribution >= 0.6 is 0 Å². The lowest BCUT2D eigenvalue weighted by Gasteiger charge is -2.20.